The molecule has 144 valence electrons. The number of benzene rings is 1. The van der Waals surface area contributed by atoms with E-state index in [1.54, 1.807) is 22.7 Å². The molecule has 5 rings (SSSR count). The monoisotopic (exact) mass is 385 g/mol. The number of rotatable bonds is 3. The van der Waals surface area contributed by atoms with Gasteiger partial charge in [0.15, 0.2) is 0 Å². The first-order chi connectivity index (χ1) is 13.0. The van der Waals surface area contributed by atoms with Crippen molar-refractivity contribution < 1.29 is 12.8 Å². The lowest BCUT2D eigenvalue weighted by Gasteiger charge is -2.48. The van der Waals surface area contributed by atoms with Crippen molar-refractivity contribution in [2.24, 2.45) is 29.6 Å². The van der Waals surface area contributed by atoms with Gasteiger partial charge < -0.3 is 4.42 Å². The summed E-state index contributed by atoms with van der Waals surface area (Å²) in [5.74, 6) is 3.60. The maximum Gasteiger partial charge on any atom is 0.243 e. The Morgan fingerprint density at radius 2 is 1.81 bits per heavy atom. The Morgan fingerprint density at radius 1 is 1.07 bits per heavy atom. The quantitative estimate of drug-likeness (QED) is 0.774. The van der Waals surface area contributed by atoms with Crippen LogP contribution in [0.5, 0.6) is 0 Å². The van der Waals surface area contributed by atoms with E-state index >= 15 is 0 Å². The third-order valence-electron chi connectivity index (χ3n) is 7.43. The SMILES string of the molecule is Cc1ccc(S(=O)(=O)N2C[C@@H]3[C@H]4CC[C@H](C4)[C@@H]3[C@@H](C)[C@H]2c2ccco2)cc1. The van der Waals surface area contributed by atoms with Crippen LogP contribution in [0.3, 0.4) is 0 Å². The number of nitrogens with zero attached hydrogens (tertiary/aromatic N) is 1. The summed E-state index contributed by atoms with van der Waals surface area (Å²) in [6.07, 6.45) is 5.52. The van der Waals surface area contributed by atoms with Gasteiger partial charge in [0.2, 0.25) is 10.0 Å². The number of hydrogen-bond acceptors (Lipinski definition) is 3. The van der Waals surface area contributed by atoms with E-state index in [1.807, 2.05) is 31.2 Å². The molecule has 2 bridgehead atoms. The summed E-state index contributed by atoms with van der Waals surface area (Å²) >= 11 is 0. The minimum atomic E-state index is -3.57. The second-order valence-electron chi connectivity index (χ2n) is 8.78. The molecule has 3 aliphatic rings. The van der Waals surface area contributed by atoms with Crippen LogP contribution < -0.4 is 0 Å². The topological polar surface area (TPSA) is 50.5 Å². The average Bonchev–Trinajstić information content (AvgIpc) is 3.39. The molecule has 2 saturated carbocycles. The van der Waals surface area contributed by atoms with Crippen molar-refractivity contribution in [1.29, 1.82) is 0 Å². The molecule has 1 saturated heterocycles. The zero-order valence-electron chi connectivity index (χ0n) is 15.9. The summed E-state index contributed by atoms with van der Waals surface area (Å²) < 4.78 is 34.8. The first kappa shape index (κ1) is 17.5. The minimum Gasteiger partial charge on any atom is -0.468 e. The zero-order chi connectivity index (χ0) is 18.8. The van der Waals surface area contributed by atoms with Crippen LogP contribution in [0.15, 0.2) is 52.0 Å². The summed E-state index contributed by atoms with van der Waals surface area (Å²) in [6, 6.07) is 10.8. The molecule has 0 amide bonds. The van der Waals surface area contributed by atoms with Crippen LogP contribution in [0.25, 0.3) is 0 Å². The second kappa shape index (κ2) is 6.21. The van der Waals surface area contributed by atoms with Crippen LogP contribution in [0.2, 0.25) is 0 Å². The standard InChI is InChI=1S/C22H27NO3S/c1-14-5-9-18(10-6-14)27(24,25)23-13-19-16-7-8-17(12-16)21(19)15(2)22(23)20-4-3-11-26-20/h3-6,9-11,15-17,19,21-22H,7-8,12-13H2,1-2H3/t15-,16+,17-,19-,21+,22+/m1/s1. The summed E-state index contributed by atoms with van der Waals surface area (Å²) in [5.41, 5.74) is 1.07. The summed E-state index contributed by atoms with van der Waals surface area (Å²) in [4.78, 5) is 0.387. The number of aryl methyl sites for hydroxylation is 1. The average molecular weight is 386 g/mol. The van der Waals surface area contributed by atoms with Crippen LogP contribution >= 0.6 is 0 Å². The molecule has 2 aromatic rings. The van der Waals surface area contributed by atoms with Crippen molar-refractivity contribution in [3.05, 3.63) is 54.0 Å². The summed E-state index contributed by atoms with van der Waals surface area (Å²) in [6.45, 7) is 4.84. The van der Waals surface area contributed by atoms with Gasteiger partial charge in [0.1, 0.15) is 5.76 Å². The maximum absolute atomic E-state index is 13.6. The van der Waals surface area contributed by atoms with Gasteiger partial charge in [-0.25, -0.2) is 8.42 Å². The highest BCUT2D eigenvalue weighted by molar-refractivity contribution is 7.89. The summed E-state index contributed by atoms with van der Waals surface area (Å²) in [5, 5.41) is 0. The van der Waals surface area contributed by atoms with Crippen molar-refractivity contribution in [2.75, 3.05) is 6.54 Å². The van der Waals surface area contributed by atoms with E-state index in [9.17, 15) is 8.42 Å². The van der Waals surface area contributed by atoms with Gasteiger partial charge >= 0.3 is 0 Å². The van der Waals surface area contributed by atoms with E-state index in [1.165, 1.54) is 19.3 Å². The van der Waals surface area contributed by atoms with Crippen molar-refractivity contribution in [3.63, 3.8) is 0 Å². The van der Waals surface area contributed by atoms with Gasteiger partial charge in [0.25, 0.3) is 0 Å². The van der Waals surface area contributed by atoms with Gasteiger partial charge in [-0.1, -0.05) is 24.6 Å². The van der Waals surface area contributed by atoms with Crippen molar-refractivity contribution >= 4 is 10.0 Å². The van der Waals surface area contributed by atoms with E-state index in [-0.39, 0.29) is 12.0 Å². The normalized spacial score (nSPS) is 36.1. The first-order valence-electron chi connectivity index (χ1n) is 10.1. The number of hydrogen-bond donors (Lipinski definition) is 0. The third-order valence-corrected chi connectivity index (χ3v) is 9.29. The third kappa shape index (κ3) is 2.62. The van der Waals surface area contributed by atoms with Gasteiger partial charge in [-0.3, -0.25) is 0 Å². The molecule has 1 aromatic carbocycles. The van der Waals surface area contributed by atoms with Gasteiger partial charge in [-0.15, -0.1) is 0 Å². The fourth-order valence-electron chi connectivity index (χ4n) is 6.29. The Balaban J connectivity index is 1.59. The molecule has 27 heavy (non-hydrogen) atoms. The lowest BCUT2D eigenvalue weighted by atomic mass is 9.68. The number of fused-ring (bicyclic) bond motifs is 5. The Morgan fingerprint density at radius 3 is 2.52 bits per heavy atom. The Hall–Kier alpha value is -1.59. The van der Waals surface area contributed by atoms with Gasteiger partial charge in [0, 0.05) is 6.54 Å². The highest BCUT2D eigenvalue weighted by Gasteiger charge is 2.57. The number of piperidine rings is 1. The van der Waals surface area contributed by atoms with E-state index in [0.29, 0.717) is 29.2 Å². The van der Waals surface area contributed by atoms with Crippen molar-refractivity contribution in [1.82, 2.24) is 4.31 Å². The number of sulfonamides is 1. The lowest BCUT2D eigenvalue weighted by Crippen LogP contribution is -2.51. The van der Waals surface area contributed by atoms with E-state index in [2.05, 4.69) is 6.92 Å². The molecule has 2 heterocycles. The Kier molecular flexibility index (Phi) is 4.03. The van der Waals surface area contributed by atoms with Crippen molar-refractivity contribution in [3.8, 4) is 0 Å². The predicted molar refractivity (Wildman–Crippen MR) is 103 cm³/mol. The summed E-state index contributed by atoms with van der Waals surface area (Å²) in [7, 11) is -3.57. The molecule has 3 fully saturated rings. The highest BCUT2D eigenvalue weighted by Crippen LogP contribution is 2.60. The Bertz CT molecular complexity index is 919. The minimum absolute atomic E-state index is 0.216. The van der Waals surface area contributed by atoms with Gasteiger partial charge in [-0.05, 0) is 80.0 Å². The molecule has 0 radical (unpaired) electrons. The van der Waals surface area contributed by atoms with Crippen LogP contribution in [-0.2, 0) is 10.0 Å². The molecular weight excluding hydrogens is 358 g/mol. The van der Waals surface area contributed by atoms with Crippen LogP contribution in [0, 0.1) is 36.5 Å². The molecule has 6 atom stereocenters. The molecule has 0 spiro atoms. The fraction of sp³-hybridized carbons (Fsp3) is 0.545. The van der Waals surface area contributed by atoms with Crippen LogP contribution in [0.1, 0.15) is 43.6 Å². The Labute approximate surface area is 161 Å². The smallest absolute Gasteiger partial charge is 0.243 e. The first-order valence-corrected chi connectivity index (χ1v) is 11.5. The zero-order valence-corrected chi connectivity index (χ0v) is 16.7. The van der Waals surface area contributed by atoms with E-state index < -0.39 is 10.0 Å². The maximum atomic E-state index is 13.6. The lowest BCUT2D eigenvalue weighted by molar-refractivity contribution is 0.0211. The van der Waals surface area contributed by atoms with Crippen molar-refractivity contribution in [2.45, 2.75) is 44.0 Å². The largest absolute Gasteiger partial charge is 0.468 e. The fourth-order valence-corrected chi connectivity index (χ4v) is 8.01. The molecule has 0 unspecified atom stereocenters. The van der Waals surface area contributed by atoms with E-state index in [4.69, 9.17) is 4.42 Å². The van der Waals surface area contributed by atoms with E-state index in [0.717, 1.165) is 17.2 Å². The molecule has 5 heteroatoms. The van der Waals surface area contributed by atoms with Crippen LogP contribution in [-0.4, -0.2) is 19.3 Å². The molecular formula is C22H27NO3S. The highest BCUT2D eigenvalue weighted by atomic mass is 32.2. The van der Waals surface area contributed by atoms with Gasteiger partial charge in [0.05, 0.1) is 17.2 Å². The molecule has 0 N–H and O–H groups in total. The number of furan rings is 1. The molecule has 2 aliphatic carbocycles. The van der Waals surface area contributed by atoms with Gasteiger partial charge in [-0.2, -0.15) is 4.31 Å². The molecule has 4 nitrogen and oxygen atoms in total. The molecule has 1 aliphatic heterocycles. The second-order valence-corrected chi connectivity index (χ2v) is 10.7. The molecule has 1 aromatic heterocycles. The van der Waals surface area contributed by atoms with Crippen LogP contribution in [0.4, 0.5) is 0 Å². The predicted octanol–water partition coefficient (Wildman–Crippen LogP) is 4.63.